The fourth-order valence-electron chi connectivity index (χ4n) is 2.71. The van der Waals surface area contributed by atoms with Gasteiger partial charge in [0, 0.05) is 17.3 Å². The minimum Gasteiger partial charge on any atom is -0.497 e. The van der Waals surface area contributed by atoms with Crippen molar-refractivity contribution in [2.24, 2.45) is 0 Å². The zero-order valence-corrected chi connectivity index (χ0v) is 18.1. The Morgan fingerprint density at radius 2 is 2.03 bits per heavy atom. The van der Waals surface area contributed by atoms with Gasteiger partial charge in [0.1, 0.15) is 11.6 Å². The van der Waals surface area contributed by atoms with E-state index in [2.05, 4.69) is 19.8 Å². The molecule has 0 aliphatic heterocycles. The molecule has 1 heterocycles. The van der Waals surface area contributed by atoms with E-state index in [4.69, 9.17) is 20.9 Å². The SMILES string of the molecule is CCOP(=O)(Cc1ccc(-c2noc(C(F)(F)Cl)n2)cc1F)Nc1cccc(OC)c1. The topological polar surface area (TPSA) is 86.5 Å². The van der Waals surface area contributed by atoms with Crippen LogP contribution in [0.1, 0.15) is 18.4 Å². The maximum absolute atomic E-state index is 14.7. The molecule has 3 aromatic rings. The molecule has 1 N–H and O–H groups in total. The van der Waals surface area contributed by atoms with Crippen LogP contribution in [0, 0.1) is 5.82 Å². The van der Waals surface area contributed by atoms with E-state index >= 15 is 0 Å². The van der Waals surface area contributed by atoms with Crippen molar-refractivity contribution < 1.29 is 31.5 Å². The molecule has 0 saturated heterocycles. The van der Waals surface area contributed by atoms with Gasteiger partial charge in [-0.1, -0.05) is 23.4 Å². The van der Waals surface area contributed by atoms with Crippen LogP contribution in [0.4, 0.5) is 18.9 Å². The van der Waals surface area contributed by atoms with Crippen LogP contribution in [-0.2, 0) is 20.6 Å². The van der Waals surface area contributed by atoms with Crippen molar-refractivity contribution in [1.82, 2.24) is 10.1 Å². The molecule has 3 rings (SSSR count). The number of ether oxygens (including phenoxy) is 1. The number of halogens is 4. The lowest BCUT2D eigenvalue weighted by molar-refractivity contribution is 0.0551. The summed E-state index contributed by atoms with van der Waals surface area (Å²) in [5.41, 5.74) is 0.654. The van der Waals surface area contributed by atoms with E-state index in [1.54, 1.807) is 31.2 Å². The van der Waals surface area contributed by atoms with E-state index in [0.717, 1.165) is 6.07 Å². The van der Waals surface area contributed by atoms with Gasteiger partial charge in [-0.15, -0.1) is 0 Å². The normalized spacial score (nSPS) is 13.6. The summed E-state index contributed by atoms with van der Waals surface area (Å²) in [4.78, 5) is 3.47. The van der Waals surface area contributed by atoms with Crippen molar-refractivity contribution in [2.45, 2.75) is 18.5 Å². The zero-order chi connectivity index (χ0) is 22.6. The van der Waals surface area contributed by atoms with Crippen LogP contribution in [0.2, 0.25) is 0 Å². The number of alkyl halides is 3. The highest BCUT2D eigenvalue weighted by Crippen LogP contribution is 2.50. The average molecular weight is 476 g/mol. The van der Waals surface area contributed by atoms with E-state index in [1.165, 1.54) is 19.2 Å². The van der Waals surface area contributed by atoms with Crippen LogP contribution in [0.3, 0.4) is 0 Å². The van der Waals surface area contributed by atoms with E-state index in [1.807, 2.05) is 0 Å². The molecular formula is C19H18ClF3N3O4P. The van der Waals surface area contributed by atoms with Crippen LogP contribution < -0.4 is 9.82 Å². The highest BCUT2D eigenvalue weighted by atomic mass is 35.5. The molecule has 1 atom stereocenters. The summed E-state index contributed by atoms with van der Waals surface area (Å²) in [5.74, 6) is -1.56. The van der Waals surface area contributed by atoms with Crippen molar-refractivity contribution in [3.05, 3.63) is 59.7 Å². The number of nitrogens with one attached hydrogen (secondary N) is 1. The van der Waals surface area contributed by atoms with Gasteiger partial charge in [0.05, 0.1) is 19.9 Å². The molecular weight excluding hydrogens is 458 g/mol. The van der Waals surface area contributed by atoms with E-state index in [-0.39, 0.29) is 29.7 Å². The number of nitrogens with zero attached hydrogens (tertiary/aromatic N) is 2. The monoisotopic (exact) mass is 475 g/mol. The van der Waals surface area contributed by atoms with E-state index in [9.17, 15) is 17.7 Å². The zero-order valence-electron chi connectivity index (χ0n) is 16.4. The maximum Gasteiger partial charge on any atom is 0.400 e. The molecule has 0 aliphatic rings. The summed E-state index contributed by atoms with van der Waals surface area (Å²) < 4.78 is 69.1. The Balaban J connectivity index is 1.83. The van der Waals surface area contributed by atoms with Gasteiger partial charge in [-0.05, 0) is 42.3 Å². The Hall–Kier alpha value is -2.55. The van der Waals surface area contributed by atoms with E-state index in [0.29, 0.717) is 11.4 Å². The molecule has 12 heteroatoms. The summed E-state index contributed by atoms with van der Waals surface area (Å²) in [6.45, 7) is 1.80. The lowest BCUT2D eigenvalue weighted by Crippen LogP contribution is -2.06. The van der Waals surface area contributed by atoms with Crippen molar-refractivity contribution >= 4 is 24.8 Å². The predicted molar refractivity (Wildman–Crippen MR) is 109 cm³/mol. The largest absolute Gasteiger partial charge is 0.497 e. The van der Waals surface area contributed by atoms with Gasteiger partial charge < -0.3 is 18.9 Å². The number of hydrogen-bond acceptors (Lipinski definition) is 6. The van der Waals surface area contributed by atoms with Crippen LogP contribution in [0.25, 0.3) is 11.4 Å². The molecule has 0 spiro atoms. The Morgan fingerprint density at radius 1 is 1.26 bits per heavy atom. The highest BCUT2D eigenvalue weighted by molar-refractivity contribution is 7.59. The first kappa shape index (κ1) is 23.1. The van der Waals surface area contributed by atoms with Crippen molar-refractivity contribution in [2.75, 3.05) is 18.8 Å². The fraction of sp³-hybridized carbons (Fsp3) is 0.263. The van der Waals surface area contributed by atoms with Crippen LogP contribution in [-0.4, -0.2) is 23.9 Å². The molecule has 7 nitrogen and oxygen atoms in total. The Bertz CT molecular complexity index is 1110. The van der Waals surface area contributed by atoms with Crippen molar-refractivity contribution in [3.63, 3.8) is 0 Å². The fourth-order valence-corrected chi connectivity index (χ4v) is 4.68. The first-order valence-corrected chi connectivity index (χ1v) is 11.2. The molecule has 2 aromatic carbocycles. The third-order valence-electron chi connectivity index (χ3n) is 4.07. The summed E-state index contributed by atoms with van der Waals surface area (Å²) in [6.07, 6.45) is -0.262. The number of hydrogen-bond donors (Lipinski definition) is 1. The number of rotatable bonds is 9. The van der Waals surface area contributed by atoms with Gasteiger partial charge in [0.2, 0.25) is 5.82 Å². The summed E-state index contributed by atoms with van der Waals surface area (Å²) >= 11 is 4.84. The van der Waals surface area contributed by atoms with Crippen LogP contribution >= 0.6 is 19.1 Å². The minimum atomic E-state index is -3.83. The first-order valence-electron chi connectivity index (χ1n) is 8.99. The van der Waals surface area contributed by atoms with Crippen LogP contribution in [0.15, 0.2) is 47.0 Å². The number of aromatic nitrogens is 2. The molecule has 1 unspecified atom stereocenters. The molecule has 0 saturated carbocycles. The summed E-state index contributed by atoms with van der Waals surface area (Å²) in [7, 11) is -2.04. The third kappa shape index (κ3) is 5.78. The van der Waals surface area contributed by atoms with Crippen molar-refractivity contribution in [1.29, 1.82) is 0 Å². The quantitative estimate of drug-likeness (QED) is 0.299. The van der Waals surface area contributed by atoms with Gasteiger partial charge in [0.15, 0.2) is 0 Å². The van der Waals surface area contributed by atoms with Gasteiger partial charge in [-0.25, -0.2) is 4.39 Å². The molecule has 31 heavy (non-hydrogen) atoms. The molecule has 166 valence electrons. The molecule has 0 fully saturated rings. The van der Waals surface area contributed by atoms with Gasteiger partial charge in [-0.2, -0.15) is 13.8 Å². The Kier molecular flexibility index (Phi) is 6.93. The number of methoxy groups -OCH3 is 1. The molecule has 0 amide bonds. The van der Waals surface area contributed by atoms with Crippen molar-refractivity contribution in [3.8, 4) is 17.1 Å². The first-order chi connectivity index (χ1) is 14.6. The average Bonchev–Trinajstić information content (AvgIpc) is 3.20. The number of benzene rings is 2. The summed E-state index contributed by atoms with van der Waals surface area (Å²) in [5, 5.41) is 2.37. The van der Waals surface area contributed by atoms with E-state index < -0.39 is 24.6 Å². The highest BCUT2D eigenvalue weighted by Gasteiger charge is 2.36. The second-order valence-corrected chi connectivity index (χ2v) is 8.94. The van der Waals surface area contributed by atoms with Gasteiger partial charge >= 0.3 is 11.3 Å². The Morgan fingerprint density at radius 3 is 2.65 bits per heavy atom. The van der Waals surface area contributed by atoms with Gasteiger partial charge in [-0.3, -0.25) is 4.57 Å². The third-order valence-corrected chi connectivity index (χ3v) is 6.26. The smallest absolute Gasteiger partial charge is 0.400 e. The second kappa shape index (κ2) is 9.30. The second-order valence-electron chi connectivity index (χ2n) is 6.32. The van der Waals surface area contributed by atoms with Gasteiger partial charge in [0.25, 0.3) is 7.52 Å². The van der Waals surface area contributed by atoms with Crippen LogP contribution in [0.5, 0.6) is 5.75 Å². The Labute approximate surface area is 181 Å². The lowest BCUT2D eigenvalue weighted by Gasteiger charge is -2.21. The summed E-state index contributed by atoms with van der Waals surface area (Å²) in [6, 6.07) is 10.5. The molecule has 1 aromatic heterocycles. The maximum atomic E-state index is 14.7. The minimum absolute atomic E-state index is 0.0855. The molecule has 0 radical (unpaired) electrons. The standard InChI is InChI=1S/C19H18ClF3N3O4P/c1-3-29-31(27,26-14-5-4-6-15(10-14)28-2)11-13-8-7-12(9-16(13)21)17-24-18(30-25-17)19(20,22)23/h4-10H,3,11H2,1-2H3,(H,26,27). The lowest BCUT2D eigenvalue weighted by atomic mass is 10.1. The number of anilines is 1. The molecule has 0 aliphatic carbocycles. The predicted octanol–water partition coefficient (Wildman–Crippen LogP) is 6.01. The molecule has 0 bridgehead atoms.